The predicted molar refractivity (Wildman–Crippen MR) is 76.8 cm³/mol. The molecule has 0 saturated heterocycles. The Balaban J connectivity index is 2.14. The van der Waals surface area contributed by atoms with Gasteiger partial charge in [-0.05, 0) is 43.2 Å². The summed E-state index contributed by atoms with van der Waals surface area (Å²) < 4.78 is 0. The van der Waals surface area contributed by atoms with E-state index in [0.29, 0.717) is 6.54 Å². The summed E-state index contributed by atoms with van der Waals surface area (Å²) in [6, 6.07) is 12.4. The molecule has 0 heterocycles. The van der Waals surface area contributed by atoms with Crippen molar-refractivity contribution in [2.24, 2.45) is 0 Å². The highest BCUT2D eigenvalue weighted by Gasteiger charge is 2.22. The van der Waals surface area contributed by atoms with Crippen LogP contribution in [-0.4, -0.2) is 16.6 Å². The van der Waals surface area contributed by atoms with Crippen LogP contribution >= 0.6 is 0 Å². The van der Waals surface area contributed by atoms with Crippen LogP contribution in [0.15, 0.2) is 36.4 Å². The number of nitrogens with one attached hydrogen (secondary N) is 1. The van der Waals surface area contributed by atoms with Crippen LogP contribution in [0.3, 0.4) is 0 Å². The van der Waals surface area contributed by atoms with E-state index in [4.69, 9.17) is 0 Å². The lowest BCUT2D eigenvalue weighted by Crippen LogP contribution is -2.41. The predicted octanol–water partition coefficient (Wildman–Crippen LogP) is 2.54. The van der Waals surface area contributed by atoms with E-state index in [1.54, 1.807) is 0 Å². The van der Waals surface area contributed by atoms with Crippen molar-refractivity contribution in [3.05, 3.63) is 47.5 Å². The summed E-state index contributed by atoms with van der Waals surface area (Å²) in [5, 5.41) is 14.6. The Morgan fingerprint density at radius 1 is 1.16 bits per heavy atom. The zero-order valence-corrected chi connectivity index (χ0v) is 11.5. The van der Waals surface area contributed by atoms with Gasteiger partial charge in [0.15, 0.2) is 0 Å². The van der Waals surface area contributed by atoms with E-state index >= 15 is 0 Å². The lowest BCUT2D eigenvalue weighted by molar-refractivity contribution is -0.136. The van der Waals surface area contributed by atoms with Gasteiger partial charge in [-0.15, -0.1) is 0 Å². The molecule has 0 spiro atoms. The molecule has 0 aliphatic rings. The molecule has 2 aromatic carbocycles. The summed E-state index contributed by atoms with van der Waals surface area (Å²) in [7, 11) is 0. The van der Waals surface area contributed by atoms with Gasteiger partial charge < -0.3 is 10.4 Å². The fourth-order valence-corrected chi connectivity index (χ4v) is 1.92. The van der Waals surface area contributed by atoms with Gasteiger partial charge in [-0.3, -0.25) is 4.79 Å². The van der Waals surface area contributed by atoms with Crippen LogP contribution < -0.4 is 5.32 Å². The molecular formula is C16H19NO2. The molecule has 0 bridgehead atoms. The quantitative estimate of drug-likeness (QED) is 0.887. The molecule has 0 atom stereocenters. The minimum Gasteiger partial charge on any atom is -0.381 e. The summed E-state index contributed by atoms with van der Waals surface area (Å²) >= 11 is 0. The number of fused-ring (bicyclic) bond motifs is 1. The maximum Gasteiger partial charge on any atom is 0.251 e. The van der Waals surface area contributed by atoms with Gasteiger partial charge in [0.05, 0.1) is 0 Å². The number of carbonyl (C=O) groups excluding carboxylic acids is 1. The molecule has 0 unspecified atom stereocenters. The molecule has 2 rings (SSSR count). The number of rotatable bonds is 3. The van der Waals surface area contributed by atoms with E-state index in [1.165, 1.54) is 24.8 Å². The summed E-state index contributed by atoms with van der Waals surface area (Å²) in [5.74, 6) is -0.364. The van der Waals surface area contributed by atoms with E-state index in [-0.39, 0.29) is 5.91 Å². The number of hydrogen-bond donors (Lipinski definition) is 2. The van der Waals surface area contributed by atoms with Crippen LogP contribution in [0.1, 0.15) is 25.0 Å². The zero-order chi connectivity index (χ0) is 14.0. The van der Waals surface area contributed by atoms with E-state index in [9.17, 15) is 9.90 Å². The molecule has 3 nitrogen and oxygen atoms in total. The first-order valence-electron chi connectivity index (χ1n) is 6.36. The number of aryl methyl sites for hydroxylation is 1. The van der Waals surface area contributed by atoms with Crippen molar-refractivity contribution in [3.8, 4) is 0 Å². The van der Waals surface area contributed by atoms with Gasteiger partial charge in [-0.25, -0.2) is 0 Å². The molecule has 2 aromatic rings. The molecule has 1 amide bonds. The zero-order valence-electron chi connectivity index (χ0n) is 11.5. The second kappa shape index (κ2) is 5.02. The molecule has 0 aliphatic carbocycles. The van der Waals surface area contributed by atoms with Crippen molar-refractivity contribution in [3.63, 3.8) is 0 Å². The molecule has 19 heavy (non-hydrogen) atoms. The van der Waals surface area contributed by atoms with Crippen molar-refractivity contribution in [1.82, 2.24) is 5.32 Å². The van der Waals surface area contributed by atoms with Gasteiger partial charge in [-0.2, -0.15) is 0 Å². The summed E-state index contributed by atoms with van der Waals surface area (Å²) in [4.78, 5) is 11.6. The molecule has 0 saturated carbocycles. The van der Waals surface area contributed by atoms with E-state index in [2.05, 4.69) is 36.5 Å². The third kappa shape index (κ3) is 3.32. The van der Waals surface area contributed by atoms with Crippen LogP contribution in [0.5, 0.6) is 0 Å². The van der Waals surface area contributed by atoms with Gasteiger partial charge in [0.2, 0.25) is 0 Å². The van der Waals surface area contributed by atoms with Crippen LogP contribution in [-0.2, 0) is 11.3 Å². The van der Waals surface area contributed by atoms with Crippen LogP contribution in [0.25, 0.3) is 10.8 Å². The first kappa shape index (κ1) is 13.6. The van der Waals surface area contributed by atoms with E-state index < -0.39 is 5.60 Å². The molecule has 0 aliphatic heterocycles. The summed E-state index contributed by atoms with van der Waals surface area (Å²) in [6.45, 7) is 5.44. The summed E-state index contributed by atoms with van der Waals surface area (Å²) in [6.07, 6.45) is 0. The van der Waals surface area contributed by atoms with Crippen molar-refractivity contribution < 1.29 is 9.90 Å². The van der Waals surface area contributed by atoms with Crippen molar-refractivity contribution in [2.75, 3.05) is 0 Å². The van der Waals surface area contributed by atoms with Crippen LogP contribution in [0, 0.1) is 6.92 Å². The fourth-order valence-electron chi connectivity index (χ4n) is 1.92. The monoisotopic (exact) mass is 257 g/mol. The second-order valence-electron chi connectivity index (χ2n) is 5.43. The van der Waals surface area contributed by atoms with E-state index in [0.717, 1.165) is 10.9 Å². The lowest BCUT2D eigenvalue weighted by atomic mass is 10.0. The standard InChI is InChI=1S/C16H19NO2/c1-11-4-6-14-9-12(5-7-13(14)8-11)10-17-15(18)16(2,3)19/h4-9,19H,10H2,1-3H3,(H,17,18). The van der Waals surface area contributed by atoms with Gasteiger partial charge in [0, 0.05) is 6.54 Å². The topological polar surface area (TPSA) is 49.3 Å². The number of aliphatic hydroxyl groups is 1. The third-order valence-electron chi connectivity index (χ3n) is 3.07. The number of benzene rings is 2. The Labute approximate surface area is 113 Å². The molecular weight excluding hydrogens is 238 g/mol. The molecule has 0 fully saturated rings. The fraction of sp³-hybridized carbons (Fsp3) is 0.312. The highest BCUT2D eigenvalue weighted by molar-refractivity contribution is 5.85. The second-order valence-corrected chi connectivity index (χ2v) is 5.43. The number of hydrogen-bond acceptors (Lipinski definition) is 2. The normalized spacial score (nSPS) is 11.6. The number of amides is 1. The average Bonchev–Trinajstić information content (AvgIpc) is 2.34. The molecule has 0 aromatic heterocycles. The molecule has 3 heteroatoms. The SMILES string of the molecule is Cc1ccc2cc(CNC(=O)C(C)(C)O)ccc2c1. The largest absolute Gasteiger partial charge is 0.381 e. The maximum atomic E-state index is 11.6. The lowest BCUT2D eigenvalue weighted by Gasteiger charge is -2.16. The first-order chi connectivity index (χ1) is 8.86. The molecule has 100 valence electrons. The van der Waals surface area contributed by atoms with Gasteiger partial charge in [0.25, 0.3) is 5.91 Å². The highest BCUT2D eigenvalue weighted by Crippen LogP contribution is 2.17. The van der Waals surface area contributed by atoms with Gasteiger partial charge >= 0.3 is 0 Å². The minimum absolute atomic E-state index is 0.364. The van der Waals surface area contributed by atoms with Crippen molar-refractivity contribution >= 4 is 16.7 Å². The highest BCUT2D eigenvalue weighted by atomic mass is 16.3. The summed E-state index contributed by atoms with van der Waals surface area (Å²) in [5.41, 5.74) is 0.915. The average molecular weight is 257 g/mol. The Kier molecular flexibility index (Phi) is 3.58. The molecule has 0 radical (unpaired) electrons. The van der Waals surface area contributed by atoms with Crippen molar-refractivity contribution in [2.45, 2.75) is 32.9 Å². The minimum atomic E-state index is -1.34. The van der Waals surface area contributed by atoms with E-state index in [1.807, 2.05) is 12.1 Å². The van der Waals surface area contributed by atoms with Crippen LogP contribution in [0.2, 0.25) is 0 Å². The maximum absolute atomic E-state index is 11.6. The first-order valence-corrected chi connectivity index (χ1v) is 6.36. The Hall–Kier alpha value is -1.87. The smallest absolute Gasteiger partial charge is 0.251 e. The Bertz CT molecular complexity index is 612. The third-order valence-corrected chi connectivity index (χ3v) is 3.07. The van der Waals surface area contributed by atoms with Crippen molar-refractivity contribution in [1.29, 1.82) is 0 Å². The number of carbonyl (C=O) groups is 1. The van der Waals surface area contributed by atoms with Gasteiger partial charge in [0.1, 0.15) is 5.60 Å². The Morgan fingerprint density at radius 3 is 2.47 bits per heavy atom. The molecule has 2 N–H and O–H groups in total. The Morgan fingerprint density at radius 2 is 1.79 bits per heavy atom. The van der Waals surface area contributed by atoms with Crippen LogP contribution in [0.4, 0.5) is 0 Å². The van der Waals surface area contributed by atoms with Gasteiger partial charge in [-0.1, -0.05) is 35.9 Å².